The molecule has 0 fully saturated rings. The first-order valence-corrected chi connectivity index (χ1v) is 9.13. The second-order valence-corrected chi connectivity index (χ2v) is 6.67. The summed E-state index contributed by atoms with van der Waals surface area (Å²) in [6, 6.07) is 11.2. The fourth-order valence-electron chi connectivity index (χ4n) is 3.10. The molecule has 3 rings (SSSR count). The number of imidazole rings is 1. The number of fused-ring (bicyclic) bond motifs is 1. The van der Waals surface area contributed by atoms with E-state index in [1.165, 1.54) is 0 Å². The van der Waals surface area contributed by atoms with E-state index < -0.39 is 0 Å². The highest BCUT2D eigenvalue weighted by Crippen LogP contribution is 2.17. The molecule has 7 nitrogen and oxygen atoms in total. The lowest BCUT2D eigenvalue weighted by Gasteiger charge is -2.07. The van der Waals surface area contributed by atoms with Crippen LogP contribution in [-0.2, 0) is 4.74 Å². The second-order valence-electron chi connectivity index (χ2n) is 6.67. The van der Waals surface area contributed by atoms with Gasteiger partial charge in [0.05, 0.1) is 5.52 Å². The van der Waals surface area contributed by atoms with Crippen LogP contribution in [-0.4, -0.2) is 41.5 Å². The summed E-state index contributed by atoms with van der Waals surface area (Å²) >= 11 is 0. The highest BCUT2D eigenvalue weighted by molar-refractivity contribution is 6.06. The fourth-order valence-corrected chi connectivity index (χ4v) is 3.10. The topological polar surface area (TPSA) is 84.7 Å². The lowest BCUT2D eigenvalue weighted by molar-refractivity contribution is 0.0946. The average Bonchev–Trinajstić information content (AvgIpc) is 3.04. The molecule has 0 aliphatic carbocycles. The second kappa shape index (κ2) is 8.67. The van der Waals surface area contributed by atoms with Gasteiger partial charge in [-0.25, -0.2) is 4.98 Å². The number of rotatable bonds is 7. The standard InChI is InChI=1S/C21H24N4O3/c1-14-11-15(2)13-16(12-14)23-21(27)19-24-18(17-7-4-5-9-25(17)19)20(26)22-8-6-10-28-3/h4-5,7,9,11-13H,6,8,10H2,1-3H3,(H,22,26)(H,23,27). The van der Waals surface area contributed by atoms with E-state index in [2.05, 4.69) is 15.6 Å². The third-order valence-electron chi connectivity index (χ3n) is 4.26. The van der Waals surface area contributed by atoms with Crippen LogP contribution in [0.3, 0.4) is 0 Å². The first kappa shape index (κ1) is 19.6. The predicted molar refractivity (Wildman–Crippen MR) is 108 cm³/mol. The monoisotopic (exact) mass is 380 g/mol. The number of nitrogens with one attached hydrogen (secondary N) is 2. The van der Waals surface area contributed by atoms with E-state index in [1.807, 2.05) is 38.1 Å². The number of carbonyl (C=O) groups excluding carboxylic acids is 2. The van der Waals surface area contributed by atoms with E-state index in [1.54, 1.807) is 29.8 Å². The normalized spacial score (nSPS) is 10.8. The number of hydrogen-bond donors (Lipinski definition) is 2. The predicted octanol–water partition coefficient (Wildman–Crippen LogP) is 2.97. The Balaban J connectivity index is 1.87. The molecule has 0 bridgehead atoms. The number of hydrogen-bond acceptors (Lipinski definition) is 4. The zero-order valence-corrected chi connectivity index (χ0v) is 16.3. The molecule has 0 saturated heterocycles. The van der Waals surface area contributed by atoms with Crippen LogP contribution < -0.4 is 10.6 Å². The van der Waals surface area contributed by atoms with E-state index >= 15 is 0 Å². The van der Waals surface area contributed by atoms with Crippen LogP contribution in [0, 0.1) is 13.8 Å². The van der Waals surface area contributed by atoms with Crippen LogP contribution in [0.4, 0.5) is 5.69 Å². The Morgan fingerprint density at radius 2 is 1.86 bits per heavy atom. The summed E-state index contributed by atoms with van der Waals surface area (Å²) in [6.07, 6.45) is 2.43. The van der Waals surface area contributed by atoms with Crippen LogP contribution in [0.2, 0.25) is 0 Å². The van der Waals surface area contributed by atoms with E-state index in [0.717, 1.165) is 11.1 Å². The van der Waals surface area contributed by atoms with Gasteiger partial charge in [0.2, 0.25) is 5.82 Å². The van der Waals surface area contributed by atoms with Crippen molar-refractivity contribution in [1.82, 2.24) is 14.7 Å². The van der Waals surface area contributed by atoms with Crippen molar-refractivity contribution in [3.05, 3.63) is 65.2 Å². The molecule has 7 heteroatoms. The maximum Gasteiger partial charge on any atom is 0.292 e. The van der Waals surface area contributed by atoms with Crippen molar-refractivity contribution >= 4 is 23.0 Å². The van der Waals surface area contributed by atoms with Crippen molar-refractivity contribution in [2.75, 3.05) is 25.6 Å². The molecule has 0 radical (unpaired) electrons. The summed E-state index contributed by atoms with van der Waals surface area (Å²) in [5.41, 5.74) is 3.61. The maximum absolute atomic E-state index is 12.8. The quantitative estimate of drug-likeness (QED) is 0.617. The van der Waals surface area contributed by atoms with Crippen molar-refractivity contribution in [3.63, 3.8) is 0 Å². The highest BCUT2D eigenvalue weighted by atomic mass is 16.5. The van der Waals surface area contributed by atoms with E-state index in [4.69, 9.17) is 4.74 Å². The Labute approximate surface area is 163 Å². The van der Waals surface area contributed by atoms with Gasteiger partial charge < -0.3 is 15.4 Å². The smallest absolute Gasteiger partial charge is 0.292 e. The van der Waals surface area contributed by atoms with Gasteiger partial charge in [0.15, 0.2) is 5.69 Å². The zero-order valence-electron chi connectivity index (χ0n) is 16.3. The fraction of sp³-hybridized carbons (Fsp3) is 0.286. The lowest BCUT2D eigenvalue weighted by atomic mass is 10.1. The molecule has 2 N–H and O–H groups in total. The molecule has 0 atom stereocenters. The van der Waals surface area contributed by atoms with Crippen LogP contribution in [0.1, 0.15) is 38.7 Å². The van der Waals surface area contributed by atoms with Crippen molar-refractivity contribution in [1.29, 1.82) is 0 Å². The summed E-state index contributed by atoms with van der Waals surface area (Å²) in [5.74, 6) is -0.522. The number of aryl methyl sites for hydroxylation is 2. The van der Waals surface area contributed by atoms with E-state index in [9.17, 15) is 9.59 Å². The molecule has 2 heterocycles. The minimum atomic E-state index is -0.371. The Morgan fingerprint density at radius 3 is 2.57 bits per heavy atom. The SMILES string of the molecule is COCCCNC(=O)c1nc(C(=O)Nc2cc(C)cc(C)c2)n2ccccc12. The molecule has 146 valence electrons. The molecule has 1 aromatic carbocycles. The number of nitrogens with zero attached hydrogens (tertiary/aromatic N) is 2. The molecule has 0 unspecified atom stereocenters. The third-order valence-corrected chi connectivity index (χ3v) is 4.26. The van der Waals surface area contributed by atoms with Crippen LogP contribution in [0.15, 0.2) is 42.6 Å². The van der Waals surface area contributed by atoms with Crippen LogP contribution in [0.5, 0.6) is 0 Å². The number of benzene rings is 1. The number of ether oxygens (including phenoxy) is 1. The number of amides is 2. The Hall–Kier alpha value is -3.19. The van der Waals surface area contributed by atoms with Gasteiger partial charge in [0, 0.05) is 32.1 Å². The molecule has 0 saturated carbocycles. The van der Waals surface area contributed by atoms with Crippen LogP contribution >= 0.6 is 0 Å². The number of pyridine rings is 1. The summed E-state index contributed by atoms with van der Waals surface area (Å²) in [7, 11) is 1.62. The molecule has 2 aromatic heterocycles. The molecule has 0 spiro atoms. The van der Waals surface area contributed by atoms with Gasteiger partial charge in [-0.05, 0) is 55.7 Å². The van der Waals surface area contributed by atoms with Gasteiger partial charge in [-0.15, -0.1) is 0 Å². The first-order valence-electron chi connectivity index (χ1n) is 9.13. The van der Waals surface area contributed by atoms with Gasteiger partial charge >= 0.3 is 0 Å². The number of carbonyl (C=O) groups is 2. The van der Waals surface area contributed by atoms with Crippen molar-refractivity contribution < 1.29 is 14.3 Å². The molecule has 28 heavy (non-hydrogen) atoms. The van der Waals surface area contributed by atoms with Crippen LogP contribution in [0.25, 0.3) is 5.52 Å². The lowest BCUT2D eigenvalue weighted by Crippen LogP contribution is -2.26. The third kappa shape index (κ3) is 4.37. The van der Waals surface area contributed by atoms with E-state index in [-0.39, 0.29) is 23.3 Å². The minimum absolute atomic E-state index is 0.164. The molecular weight excluding hydrogens is 356 g/mol. The summed E-state index contributed by atoms with van der Waals surface area (Å²) in [4.78, 5) is 29.7. The van der Waals surface area contributed by atoms with Gasteiger partial charge in [-0.2, -0.15) is 0 Å². The Morgan fingerprint density at radius 1 is 1.11 bits per heavy atom. The maximum atomic E-state index is 12.8. The molecule has 2 amide bonds. The molecule has 0 aliphatic rings. The van der Waals surface area contributed by atoms with E-state index in [0.29, 0.717) is 30.8 Å². The van der Waals surface area contributed by atoms with Gasteiger partial charge in [-0.1, -0.05) is 12.1 Å². The number of anilines is 1. The van der Waals surface area contributed by atoms with Gasteiger partial charge in [0.25, 0.3) is 11.8 Å². The van der Waals surface area contributed by atoms with Gasteiger partial charge in [0.1, 0.15) is 0 Å². The zero-order chi connectivity index (χ0) is 20.1. The highest BCUT2D eigenvalue weighted by Gasteiger charge is 2.21. The Kier molecular flexibility index (Phi) is 6.06. The summed E-state index contributed by atoms with van der Waals surface area (Å²) in [5, 5.41) is 5.69. The summed E-state index contributed by atoms with van der Waals surface area (Å²) in [6.45, 7) is 4.98. The average molecular weight is 380 g/mol. The van der Waals surface area contributed by atoms with Gasteiger partial charge in [-0.3, -0.25) is 14.0 Å². The summed E-state index contributed by atoms with van der Waals surface area (Å²) < 4.78 is 6.61. The number of aromatic nitrogens is 2. The van der Waals surface area contributed by atoms with Crippen molar-refractivity contribution in [3.8, 4) is 0 Å². The van der Waals surface area contributed by atoms with Crippen molar-refractivity contribution in [2.45, 2.75) is 20.3 Å². The first-order chi connectivity index (χ1) is 13.5. The Bertz CT molecular complexity index is 990. The number of methoxy groups -OCH3 is 1. The largest absolute Gasteiger partial charge is 0.385 e. The minimum Gasteiger partial charge on any atom is -0.385 e. The molecule has 3 aromatic rings. The molecular formula is C21H24N4O3. The molecule has 0 aliphatic heterocycles. The van der Waals surface area contributed by atoms with Crippen molar-refractivity contribution in [2.24, 2.45) is 0 Å².